The van der Waals surface area contributed by atoms with Crippen LogP contribution in [0.3, 0.4) is 0 Å². The minimum Gasteiger partial charge on any atom is -0.365 e. The average molecular weight is 471 g/mol. The lowest BCUT2D eigenvalue weighted by atomic mass is 10.0. The molecule has 0 bridgehead atoms. The highest BCUT2D eigenvalue weighted by atomic mass is 79.9. The first-order valence-electron chi connectivity index (χ1n) is 9.85. The summed E-state index contributed by atoms with van der Waals surface area (Å²) in [6.45, 7) is 0.650. The molecule has 0 radical (unpaired) electrons. The number of aromatic nitrogens is 4. The molecule has 0 atom stereocenters. The van der Waals surface area contributed by atoms with Crippen LogP contribution in [0.2, 0.25) is 0 Å². The molecule has 5 aromatic rings. The van der Waals surface area contributed by atoms with Gasteiger partial charge in [0, 0.05) is 23.8 Å². The van der Waals surface area contributed by atoms with E-state index in [0.717, 1.165) is 26.9 Å². The summed E-state index contributed by atoms with van der Waals surface area (Å²) >= 11 is 3.54. The van der Waals surface area contributed by atoms with Crippen molar-refractivity contribution in [2.75, 3.05) is 10.6 Å². The molecule has 0 amide bonds. The minimum atomic E-state index is 0.520. The van der Waals surface area contributed by atoms with Gasteiger partial charge in [-0.1, -0.05) is 48.5 Å². The van der Waals surface area contributed by atoms with Crippen LogP contribution in [0.25, 0.3) is 22.0 Å². The number of aromatic amines is 1. The maximum absolute atomic E-state index is 4.63. The predicted molar refractivity (Wildman–Crippen MR) is 128 cm³/mol. The molecule has 6 nitrogen and oxygen atoms in total. The van der Waals surface area contributed by atoms with E-state index in [9.17, 15) is 0 Å². The van der Waals surface area contributed by atoms with Crippen molar-refractivity contribution in [3.63, 3.8) is 0 Å². The summed E-state index contributed by atoms with van der Waals surface area (Å²) < 4.78 is 0.808. The highest BCUT2D eigenvalue weighted by molar-refractivity contribution is 9.10. The van der Waals surface area contributed by atoms with Gasteiger partial charge in [0.25, 0.3) is 0 Å². The molecule has 0 unspecified atom stereocenters. The molecular weight excluding hydrogens is 452 g/mol. The number of anilines is 3. The summed E-state index contributed by atoms with van der Waals surface area (Å²) in [5.41, 5.74) is 5.46. The minimum absolute atomic E-state index is 0.520. The van der Waals surface area contributed by atoms with E-state index in [-0.39, 0.29) is 0 Å². The Morgan fingerprint density at radius 2 is 1.74 bits per heavy atom. The molecule has 0 fully saturated rings. The molecule has 2 aromatic heterocycles. The standard InChI is InChI=1S/C24H19BrN6/c25-21-15-27-24(29-20-9-10-22-19(12-20)14-28-31-22)30-23(21)26-13-16-5-4-8-18(11-16)17-6-2-1-3-7-17/h1-12,14-15H,13H2,(H,28,31)(H2,26,27,29,30). The fourth-order valence-electron chi connectivity index (χ4n) is 3.38. The van der Waals surface area contributed by atoms with Crippen molar-refractivity contribution >= 4 is 44.3 Å². The van der Waals surface area contributed by atoms with Gasteiger partial charge in [-0.2, -0.15) is 10.1 Å². The molecule has 0 saturated heterocycles. The van der Waals surface area contributed by atoms with Gasteiger partial charge >= 0.3 is 0 Å². The van der Waals surface area contributed by atoms with Crippen molar-refractivity contribution in [2.45, 2.75) is 6.54 Å². The van der Waals surface area contributed by atoms with Crippen LogP contribution in [0.4, 0.5) is 17.5 Å². The van der Waals surface area contributed by atoms with Gasteiger partial charge in [-0.25, -0.2) is 4.98 Å². The third-order valence-electron chi connectivity index (χ3n) is 4.93. The Bertz CT molecular complexity index is 1330. The van der Waals surface area contributed by atoms with E-state index in [2.05, 4.69) is 95.3 Å². The fourth-order valence-corrected chi connectivity index (χ4v) is 3.71. The number of nitrogens with zero attached hydrogens (tertiary/aromatic N) is 3. The molecule has 0 aliphatic rings. The first kappa shape index (κ1) is 19.3. The highest BCUT2D eigenvalue weighted by Gasteiger charge is 2.07. The summed E-state index contributed by atoms with van der Waals surface area (Å²) in [5.74, 6) is 1.25. The first-order valence-corrected chi connectivity index (χ1v) is 10.6. The molecule has 3 aromatic carbocycles. The average Bonchev–Trinajstić information content (AvgIpc) is 3.28. The predicted octanol–water partition coefficient (Wildman–Crippen LogP) is 6.14. The molecule has 2 heterocycles. The molecule has 0 aliphatic heterocycles. The Morgan fingerprint density at radius 1 is 0.871 bits per heavy atom. The SMILES string of the molecule is Brc1cnc(Nc2ccc3[nH]ncc3c2)nc1NCc1cccc(-c2ccccc2)c1. The van der Waals surface area contributed by atoms with Crippen molar-refractivity contribution in [1.82, 2.24) is 20.2 Å². The van der Waals surface area contributed by atoms with Crippen molar-refractivity contribution < 1.29 is 0 Å². The Labute approximate surface area is 187 Å². The van der Waals surface area contributed by atoms with Crippen LogP contribution in [0, 0.1) is 0 Å². The maximum atomic E-state index is 4.63. The van der Waals surface area contributed by atoms with Crippen LogP contribution in [0.15, 0.2) is 89.7 Å². The van der Waals surface area contributed by atoms with Crippen LogP contribution in [0.5, 0.6) is 0 Å². The van der Waals surface area contributed by atoms with E-state index < -0.39 is 0 Å². The number of halogens is 1. The number of hydrogen-bond acceptors (Lipinski definition) is 5. The van der Waals surface area contributed by atoms with Gasteiger partial charge in [-0.15, -0.1) is 0 Å². The van der Waals surface area contributed by atoms with Gasteiger partial charge in [0.15, 0.2) is 0 Å². The van der Waals surface area contributed by atoms with Crippen molar-refractivity contribution in [3.05, 3.63) is 95.2 Å². The molecule has 0 spiro atoms. The number of nitrogens with one attached hydrogen (secondary N) is 3. The zero-order chi connectivity index (χ0) is 21.0. The van der Waals surface area contributed by atoms with Gasteiger partial charge < -0.3 is 10.6 Å². The lowest BCUT2D eigenvalue weighted by Crippen LogP contribution is -2.05. The van der Waals surface area contributed by atoms with Crippen molar-refractivity contribution in [2.24, 2.45) is 0 Å². The molecule has 0 aliphatic carbocycles. The van der Waals surface area contributed by atoms with E-state index in [4.69, 9.17) is 0 Å². The van der Waals surface area contributed by atoms with Crippen LogP contribution >= 0.6 is 15.9 Å². The van der Waals surface area contributed by atoms with Crippen LogP contribution in [0.1, 0.15) is 5.56 Å². The highest BCUT2D eigenvalue weighted by Crippen LogP contribution is 2.25. The van der Waals surface area contributed by atoms with Crippen molar-refractivity contribution in [1.29, 1.82) is 0 Å². The Balaban J connectivity index is 1.32. The summed E-state index contributed by atoms with van der Waals surface area (Å²) in [5, 5.41) is 14.7. The third-order valence-corrected chi connectivity index (χ3v) is 5.51. The monoisotopic (exact) mass is 470 g/mol. The second-order valence-electron chi connectivity index (χ2n) is 7.11. The van der Waals surface area contributed by atoms with Gasteiger partial charge in [0.2, 0.25) is 5.95 Å². The molecule has 7 heteroatoms. The largest absolute Gasteiger partial charge is 0.365 e. The zero-order valence-electron chi connectivity index (χ0n) is 16.5. The summed E-state index contributed by atoms with van der Waals surface area (Å²) in [6.07, 6.45) is 3.54. The van der Waals surface area contributed by atoms with E-state index in [0.29, 0.717) is 12.5 Å². The smallest absolute Gasteiger partial charge is 0.229 e. The Hall–Kier alpha value is -3.71. The van der Waals surface area contributed by atoms with E-state index in [1.807, 2.05) is 24.3 Å². The second kappa shape index (κ2) is 8.57. The first-order chi connectivity index (χ1) is 15.2. The van der Waals surface area contributed by atoms with Gasteiger partial charge in [-0.3, -0.25) is 5.10 Å². The number of fused-ring (bicyclic) bond motifs is 1. The van der Waals surface area contributed by atoms with Gasteiger partial charge in [0.1, 0.15) is 5.82 Å². The van der Waals surface area contributed by atoms with Crippen LogP contribution < -0.4 is 10.6 Å². The maximum Gasteiger partial charge on any atom is 0.229 e. The number of rotatable bonds is 6. The van der Waals surface area contributed by atoms with Gasteiger partial charge in [-0.05, 0) is 56.9 Å². The quantitative estimate of drug-likeness (QED) is 0.277. The summed E-state index contributed by atoms with van der Waals surface area (Å²) in [6, 6.07) is 24.8. The van der Waals surface area contributed by atoms with E-state index in [1.165, 1.54) is 16.7 Å². The Morgan fingerprint density at radius 3 is 2.65 bits per heavy atom. The lowest BCUT2D eigenvalue weighted by Gasteiger charge is -2.11. The number of hydrogen-bond donors (Lipinski definition) is 3. The zero-order valence-corrected chi connectivity index (χ0v) is 18.1. The summed E-state index contributed by atoms with van der Waals surface area (Å²) in [7, 11) is 0. The second-order valence-corrected chi connectivity index (χ2v) is 7.96. The normalized spacial score (nSPS) is 10.9. The molecule has 3 N–H and O–H groups in total. The van der Waals surface area contributed by atoms with Crippen molar-refractivity contribution in [3.8, 4) is 11.1 Å². The lowest BCUT2D eigenvalue weighted by molar-refractivity contribution is 1.07. The topological polar surface area (TPSA) is 78.5 Å². The fraction of sp³-hybridized carbons (Fsp3) is 0.0417. The molecule has 5 rings (SSSR count). The molecular formula is C24H19BrN6. The van der Waals surface area contributed by atoms with Crippen LogP contribution in [-0.4, -0.2) is 20.2 Å². The third kappa shape index (κ3) is 4.41. The molecule has 31 heavy (non-hydrogen) atoms. The number of benzene rings is 3. The van der Waals surface area contributed by atoms with Gasteiger partial charge in [0.05, 0.1) is 16.2 Å². The molecule has 152 valence electrons. The Kier molecular flexibility index (Phi) is 5.33. The van der Waals surface area contributed by atoms with E-state index in [1.54, 1.807) is 12.4 Å². The molecule has 0 saturated carbocycles. The van der Waals surface area contributed by atoms with E-state index >= 15 is 0 Å². The van der Waals surface area contributed by atoms with Crippen LogP contribution in [-0.2, 0) is 6.54 Å². The number of H-pyrrole nitrogens is 1. The summed E-state index contributed by atoms with van der Waals surface area (Å²) in [4.78, 5) is 9.01.